The molecule has 136 valence electrons. The van der Waals surface area contributed by atoms with Crippen molar-refractivity contribution in [2.45, 2.75) is 25.4 Å². The first kappa shape index (κ1) is 15.8. The first-order valence-corrected chi connectivity index (χ1v) is 9.10. The molecular weight excluding hydrogens is 332 g/mol. The van der Waals surface area contributed by atoms with Gasteiger partial charge in [0.15, 0.2) is 11.5 Å². The minimum absolute atomic E-state index is 0.131. The molecule has 0 spiro atoms. The highest BCUT2D eigenvalue weighted by Crippen LogP contribution is 2.42. The van der Waals surface area contributed by atoms with Gasteiger partial charge in [0.25, 0.3) is 5.56 Å². The Morgan fingerprint density at radius 1 is 1.19 bits per heavy atom. The van der Waals surface area contributed by atoms with Gasteiger partial charge in [0, 0.05) is 43.9 Å². The van der Waals surface area contributed by atoms with Crippen LogP contribution in [-0.4, -0.2) is 36.5 Å². The van der Waals surface area contributed by atoms with Gasteiger partial charge in [-0.25, -0.2) is 0 Å². The average Bonchev–Trinajstić information content (AvgIpc) is 3.10. The van der Waals surface area contributed by atoms with E-state index in [1.165, 1.54) is 12.1 Å². The zero-order chi connectivity index (χ0) is 17.7. The Morgan fingerprint density at radius 2 is 2.12 bits per heavy atom. The second-order valence-electron chi connectivity index (χ2n) is 7.42. The zero-order valence-corrected chi connectivity index (χ0v) is 14.8. The maximum absolute atomic E-state index is 12.2. The summed E-state index contributed by atoms with van der Waals surface area (Å²) in [6, 6.07) is 9.75. The maximum atomic E-state index is 12.2. The third kappa shape index (κ3) is 2.56. The Bertz CT molecular complexity index is 907. The molecule has 5 rings (SSSR count). The molecule has 0 amide bonds. The lowest BCUT2D eigenvalue weighted by atomic mass is 9.83. The fourth-order valence-corrected chi connectivity index (χ4v) is 4.66. The van der Waals surface area contributed by atoms with E-state index in [1.807, 2.05) is 22.8 Å². The number of methoxy groups -OCH3 is 1. The van der Waals surface area contributed by atoms with Gasteiger partial charge in [0.2, 0.25) is 12.5 Å². The minimum atomic E-state index is 0.131. The minimum Gasteiger partial charge on any atom is -0.493 e. The lowest BCUT2D eigenvalue weighted by Crippen LogP contribution is -2.46. The van der Waals surface area contributed by atoms with Crippen molar-refractivity contribution < 1.29 is 14.2 Å². The summed E-state index contributed by atoms with van der Waals surface area (Å²) < 4.78 is 18.5. The molecule has 2 aromatic rings. The van der Waals surface area contributed by atoms with Crippen LogP contribution in [0.5, 0.6) is 17.2 Å². The smallest absolute Gasteiger partial charge is 0.250 e. The molecule has 0 aliphatic carbocycles. The summed E-state index contributed by atoms with van der Waals surface area (Å²) in [7, 11) is 1.65. The summed E-state index contributed by atoms with van der Waals surface area (Å²) in [5, 5.41) is 0. The molecule has 26 heavy (non-hydrogen) atoms. The van der Waals surface area contributed by atoms with Gasteiger partial charge < -0.3 is 18.8 Å². The number of nitrogens with zero attached hydrogens (tertiary/aromatic N) is 2. The molecule has 4 heterocycles. The largest absolute Gasteiger partial charge is 0.493 e. The number of pyridine rings is 1. The van der Waals surface area contributed by atoms with Crippen molar-refractivity contribution in [1.82, 2.24) is 9.47 Å². The van der Waals surface area contributed by atoms with Crippen molar-refractivity contribution in [3.05, 3.63) is 51.9 Å². The van der Waals surface area contributed by atoms with Crippen LogP contribution in [0, 0.1) is 5.92 Å². The molecule has 0 saturated carbocycles. The monoisotopic (exact) mass is 354 g/mol. The molecule has 2 atom stereocenters. The molecule has 3 aliphatic heterocycles. The van der Waals surface area contributed by atoms with Crippen molar-refractivity contribution in [1.29, 1.82) is 0 Å². The normalized spacial score (nSPS) is 23.6. The van der Waals surface area contributed by atoms with Crippen LogP contribution in [0.25, 0.3) is 0 Å². The summed E-state index contributed by atoms with van der Waals surface area (Å²) in [6.07, 6.45) is 1.17. The Kier molecular flexibility index (Phi) is 3.67. The fraction of sp³-hybridized carbons (Fsp3) is 0.450. The van der Waals surface area contributed by atoms with Crippen molar-refractivity contribution in [3.63, 3.8) is 0 Å². The van der Waals surface area contributed by atoms with Gasteiger partial charge in [-0.1, -0.05) is 6.07 Å². The number of hydrogen-bond acceptors (Lipinski definition) is 5. The van der Waals surface area contributed by atoms with Crippen LogP contribution in [0.1, 0.15) is 23.6 Å². The van der Waals surface area contributed by atoms with E-state index in [4.69, 9.17) is 14.2 Å². The number of rotatable bonds is 3. The molecule has 0 radical (unpaired) electrons. The van der Waals surface area contributed by atoms with Crippen molar-refractivity contribution in [3.8, 4) is 17.2 Å². The van der Waals surface area contributed by atoms with Gasteiger partial charge in [-0.05, 0) is 36.1 Å². The van der Waals surface area contributed by atoms with E-state index in [1.54, 1.807) is 13.2 Å². The molecule has 0 N–H and O–H groups in total. The van der Waals surface area contributed by atoms with Gasteiger partial charge in [0.05, 0.1) is 7.11 Å². The van der Waals surface area contributed by atoms with E-state index in [2.05, 4.69) is 11.0 Å². The summed E-state index contributed by atoms with van der Waals surface area (Å²) in [5.74, 6) is 3.13. The first-order chi connectivity index (χ1) is 12.7. The number of aromatic nitrogens is 1. The summed E-state index contributed by atoms with van der Waals surface area (Å²) in [5.41, 5.74) is 2.48. The van der Waals surface area contributed by atoms with Crippen LogP contribution >= 0.6 is 0 Å². The van der Waals surface area contributed by atoms with Crippen LogP contribution in [0.3, 0.4) is 0 Å². The number of ether oxygens (including phenoxy) is 3. The average molecular weight is 354 g/mol. The quantitative estimate of drug-likeness (QED) is 0.846. The topological polar surface area (TPSA) is 52.9 Å². The van der Waals surface area contributed by atoms with Gasteiger partial charge in [-0.15, -0.1) is 0 Å². The first-order valence-electron chi connectivity index (χ1n) is 9.10. The number of benzene rings is 1. The van der Waals surface area contributed by atoms with Crippen LogP contribution < -0.4 is 19.8 Å². The number of piperidine rings is 1. The number of likely N-dealkylation sites (tertiary alicyclic amines) is 1. The third-order valence-corrected chi connectivity index (χ3v) is 5.68. The molecule has 3 aliphatic rings. The molecule has 1 fully saturated rings. The maximum Gasteiger partial charge on any atom is 0.250 e. The third-order valence-electron chi connectivity index (χ3n) is 5.68. The number of hydrogen-bond donors (Lipinski definition) is 0. The molecule has 1 saturated heterocycles. The highest BCUT2D eigenvalue weighted by atomic mass is 16.7. The molecule has 0 unspecified atom stereocenters. The summed E-state index contributed by atoms with van der Waals surface area (Å²) >= 11 is 0. The fourth-order valence-electron chi connectivity index (χ4n) is 4.66. The standard InChI is InChI=1S/C20H22N2O4/c1-24-17-6-13(7-18-20(17)26-12-25-18)8-21-9-14-5-15(11-21)16-3-2-4-19(23)22(16)10-14/h2-4,6-7,14-15H,5,8-12H2,1H3/t14-,15+/m0/s1. The van der Waals surface area contributed by atoms with Gasteiger partial charge in [-0.2, -0.15) is 0 Å². The second-order valence-corrected chi connectivity index (χ2v) is 7.42. The SMILES string of the molecule is COc1cc(CN2C[C@@H]3C[C@H](C2)c2cccc(=O)n2C3)cc2c1OCO2. The Balaban J connectivity index is 1.40. The van der Waals surface area contributed by atoms with Gasteiger partial charge >= 0.3 is 0 Å². The van der Waals surface area contributed by atoms with Crippen LogP contribution in [0.15, 0.2) is 35.1 Å². The Labute approximate surface area is 151 Å². The summed E-state index contributed by atoms with van der Waals surface area (Å²) in [4.78, 5) is 14.6. The highest BCUT2D eigenvalue weighted by molar-refractivity contribution is 5.55. The molecule has 2 bridgehead atoms. The zero-order valence-electron chi connectivity index (χ0n) is 14.8. The van der Waals surface area contributed by atoms with Crippen LogP contribution in [0.2, 0.25) is 0 Å². The van der Waals surface area contributed by atoms with E-state index in [0.717, 1.165) is 43.2 Å². The van der Waals surface area contributed by atoms with E-state index in [0.29, 0.717) is 17.6 Å². The Hall–Kier alpha value is -2.47. The predicted molar refractivity (Wildman–Crippen MR) is 95.9 cm³/mol. The van der Waals surface area contributed by atoms with E-state index < -0.39 is 0 Å². The molecule has 6 heteroatoms. The number of fused-ring (bicyclic) bond motifs is 5. The summed E-state index contributed by atoms with van der Waals surface area (Å²) in [6.45, 7) is 3.89. The van der Waals surface area contributed by atoms with E-state index in [9.17, 15) is 4.79 Å². The lowest BCUT2D eigenvalue weighted by molar-refractivity contribution is 0.114. The van der Waals surface area contributed by atoms with Crippen molar-refractivity contribution >= 4 is 0 Å². The van der Waals surface area contributed by atoms with Crippen LogP contribution in [-0.2, 0) is 13.1 Å². The van der Waals surface area contributed by atoms with E-state index >= 15 is 0 Å². The molecule has 1 aromatic carbocycles. The molecule has 1 aromatic heterocycles. The van der Waals surface area contributed by atoms with Crippen molar-refractivity contribution in [2.24, 2.45) is 5.92 Å². The highest BCUT2D eigenvalue weighted by Gasteiger charge is 2.34. The lowest BCUT2D eigenvalue weighted by Gasteiger charge is -2.42. The molecular formula is C20H22N2O4. The Morgan fingerprint density at radius 3 is 3.00 bits per heavy atom. The van der Waals surface area contributed by atoms with E-state index in [-0.39, 0.29) is 12.4 Å². The van der Waals surface area contributed by atoms with Gasteiger partial charge in [-0.3, -0.25) is 9.69 Å². The molecule has 6 nitrogen and oxygen atoms in total. The second kappa shape index (κ2) is 6.06. The van der Waals surface area contributed by atoms with Crippen LogP contribution in [0.4, 0.5) is 0 Å². The van der Waals surface area contributed by atoms with Gasteiger partial charge in [0.1, 0.15) is 0 Å². The van der Waals surface area contributed by atoms with Crippen molar-refractivity contribution in [2.75, 3.05) is 27.0 Å². The predicted octanol–water partition coefficient (Wildman–Crippen LogP) is 2.20.